The van der Waals surface area contributed by atoms with Gasteiger partial charge >= 0.3 is 18.2 Å². The molecule has 0 aromatic heterocycles. The second-order valence-electron chi connectivity index (χ2n) is 18.8. The van der Waals surface area contributed by atoms with E-state index in [9.17, 15) is 32.3 Å². The molecular weight excluding hydrogens is 870 g/mol. The number of aliphatic carboxylic acids is 1. The number of amides is 2. The number of methoxy groups -OCH3 is 1. The van der Waals surface area contributed by atoms with Crippen LogP contribution in [-0.4, -0.2) is 97.6 Å². The first-order chi connectivity index (χ1) is 31.7. The highest BCUT2D eigenvalue weighted by Crippen LogP contribution is 2.35. The number of amidine groups is 1. The molecule has 2 aliphatic carbocycles. The van der Waals surface area contributed by atoms with Gasteiger partial charge in [0.1, 0.15) is 17.1 Å². The van der Waals surface area contributed by atoms with Gasteiger partial charge < -0.3 is 30.1 Å². The van der Waals surface area contributed by atoms with Gasteiger partial charge in [-0.25, -0.2) is 14.6 Å². The van der Waals surface area contributed by atoms with Gasteiger partial charge in [-0.05, 0) is 152 Å². The van der Waals surface area contributed by atoms with E-state index in [1.165, 1.54) is 0 Å². The molecule has 0 bridgehead atoms. The van der Waals surface area contributed by atoms with Crippen molar-refractivity contribution in [2.45, 2.75) is 109 Å². The lowest BCUT2D eigenvalue weighted by atomic mass is 9.77. The summed E-state index contributed by atoms with van der Waals surface area (Å²) < 4.78 is 42.9. The molecule has 1 atom stereocenters. The predicted molar refractivity (Wildman–Crippen MR) is 248 cm³/mol. The van der Waals surface area contributed by atoms with Gasteiger partial charge in [-0.15, -0.1) is 5.11 Å². The molecule has 1 unspecified atom stereocenters. The molecule has 3 N–H and O–H groups in total. The molecule has 3 aromatic carbocycles. The van der Waals surface area contributed by atoms with E-state index in [1.807, 2.05) is 87.5 Å². The zero-order valence-corrected chi connectivity index (χ0v) is 39.2. The highest BCUT2D eigenvalue weighted by Gasteiger charge is 2.38. The minimum absolute atomic E-state index is 0.0888. The molecule has 2 fully saturated rings. The topological polar surface area (TPSA) is 188 Å². The minimum atomic E-state index is -5.08. The number of ether oxygens (including phenoxy) is 2. The Morgan fingerprint density at radius 3 is 2.00 bits per heavy atom. The van der Waals surface area contributed by atoms with Crippen LogP contribution in [0, 0.1) is 23.7 Å². The molecule has 67 heavy (non-hydrogen) atoms. The fourth-order valence-corrected chi connectivity index (χ4v) is 8.68. The van der Waals surface area contributed by atoms with E-state index in [0.717, 1.165) is 73.6 Å². The van der Waals surface area contributed by atoms with Crippen molar-refractivity contribution in [3.05, 3.63) is 83.4 Å². The Labute approximate surface area is 390 Å². The number of ketones is 2. The number of hydrogen-bond acceptors (Lipinski definition) is 11. The number of alkyl halides is 3. The zero-order chi connectivity index (χ0) is 48.9. The molecule has 362 valence electrons. The van der Waals surface area contributed by atoms with Crippen molar-refractivity contribution in [3.63, 3.8) is 0 Å². The maximum Gasteiger partial charge on any atom is 0.490 e. The summed E-state index contributed by atoms with van der Waals surface area (Å²) in [6.07, 6.45) is 3.01. The standard InChI is InChI=1S/C48H62N6O6.C2HF3O2/c1-48(2,3)60-47(58)49-29-33-9-15-35(16-10-33)43(56)27-38(46(57)52-39-20-17-36(18-21-39)45-50-30-51-53-45)25-31-7-13-34(14-8-31)41-24-19-37(28-44(41)59-6)42(55)26-32-11-22-40(23-12-32)54(4)5;3-2(4,5)1(6)7/h7-8,13-14,17-21,24,28,32-33,35,38,40H,9-12,15-16,22-23,25-27,29-30H2,1-6H3,(H,49,58)(H,52,57);(H,6,7). The number of carbonyl (C=O) groups is 5. The Morgan fingerprint density at radius 2 is 1.45 bits per heavy atom. The van der Waals surface area contributed by atoms with Crippen LogP contribution in [-0.2, 0) is 25.5 Å². The maximum atomic E-state index is 14.0. The van der Waals surface area contributed by atoms with Gasteiger partial charge in [-0.2, -0.15) is 18.3 Å². The van der Waals surface area contributed by atoms with Gasteiger partial charge in [-0.3, -0.25) is 14.4 Å². The number of benzene rings is 3. The molecule has 6 rings (SSSR count). The molecule has 14 nitrogen and oxygen atoms in total. The van der Waals surface area contributed by atoms with E-state index in [2.05, 4.69) is 44.8 Å². The fourth-order valence-electron chi connectivity index (χ4n) is 8.68. The summed E-state index contributed by atoms with van der Waals surface area (Å²) in [6, 6.07) is 21.6. The number of nitrogens with zero attached hydrogens (tertiary/aromatic N) is 4. The number of aliphatic imine (C=N–C) groups is 1. The van der Waals surface area contributed by atoms with Crippen LogP contribution in [0.2, 0.25) is 0 Å². The summed E-state index contributed by atoms with van der Waals surface area (Å²) >= 11 is 0. The van der Waals surface area contributed by atoms with Gasteiger partial charge in [0.15, 0.2) is 18.3 Å². The first-order valence-electron chi connectivity index (χ1n) is 22.8. The lowest BCUT2D eigenvalue weighted by Crippen LogP contribution is -2.37. The van der Waals surface area contributed by atoms with Crippen LogP contribution in [0.1, 0.15) is 106 Å². The molecular formula is C50H63F3N6O8. The second-order valence-corrected chi connectivity index (χ2v) is 18.8. The predicted octanol–water partition coefficient (Wildman–Crippen LogP) is 9.95. The lowest BCUT2D eigenvalue weighted by molar-refractivity contribution is -0.192. The summed E-state index contributed by atoms with van der Waals surface area (Å²) in [5, 5.41) is 21.0. The monoisotopic (exact) mass is 932 g/mol. The van der Waals surface area contributed by atoms with Crippen LogP contribution in [0.25, 0.3) is 11.1 Å². The number of hydrogen-bond donors (Lipinski definition) is 3. The molecule has 3 aromatic rings. The number of halogens is 3. The number of carboxylic acids is 1. The number of Topliss-reactive ketones (excluding diaryl/α,β-unsaturated/α-hetero) is 2. The van der Waals surface area contributed by atoms with Crippen LogP contribution in [0.15, 0.2) is 82.0 Å². The van der Waals surface area contributed by atoms with Crippen molar-refractivity contribution in [1.29, 1.82) is 0 Å². The lowest BCUT2D eigenvalue weighted by Gasteiger charge is -2.32. The average molecular weight is 933 g/mol. The van der Waals surface area contributed by atoms with Gasteiger partial charge in [0.05, 0.1) is 7.11 Å². The van der Waals surface area contributed by atoms with E-state index in [0.29, 0.717) is 60.9 Å². The number of alkyl carbamates (subject to hydrolysis) is 1. The van der Waals surface area contributed by atoms with Gasteiger partial charge in [0.2, 0.25) is 5.91 Å². The van der Waals surface area contributed by atoms with Crippen molar-refractivity contribution in [2.24, 2.45) is 38.9 Å². The Morgan fingerprint density at radius 1 is 0.836 bits per heavy atom. The van der Waals surface area contributed by atoms with Crippen molar-refractivity contribution in [1.82, 2.24) is 10.2 Å². The number of anilines is 1. The number of rotatable bonds is 16. The van der Waals surface area contributed by atoms with Crippen LogP contribution < -0.4 is 15.4 Å². The third-order valence-electron chi connectivity index (χ3n) is 12.4. The average Bonchev–Trinajstić information content (AvgIpc) is 3.83. The number of carboxylic acid groups (broad SMARTS) is 1. The van der Waals surface area contributed by atoms with Gasteiger partial charge in [0, 0.05) is 59.6 Å². The summed E-state index contributed by atoms with van der Waals surface area (Å²) in [5.74, 6) is -1.60. The molecule has 0 saturated heterocycles. The van der Waals surface area contributed by atoms with Crippen molar-refractivity contribution in [2.75, 3.05) is 39.7 Å². The van der Waals surface area contributed by atoms with E-state index >= 15 is 0 Å². The first kappa shape index (κ1) is 52.0. The number of carbonyl (C=O) groups excluding carboxylic acids is 4. The molecule has 2 saturated carbocycles. The van der Waals surface area contributed by atoms with Crippen LogP contribution in [0.3, 0.4) is 0 Å². The summed E-state index contributed by atoms with van der Waals surface area (Å²) in [6.45, 7) is 6.33. The quantitative estimate of drug-likeness (QED) is 0.117. The first-order valence-corrected chi connectivity index (χ1v) is 22.8. The van der Waals surface area contributed by atoms with Gasteiger partial charge in [-0.1, -0.05) is 30.3 Å². The molecule has 0 radical (unpaired) electrons. The maximum absolute atomic E-state index is 14.0. The van der Waals surface area contributed by atoms with Crippen molar-refractivity contribution < 1.29 is 51.7 Å². The largest absolute Gasteiger partial charge is 0.496 e. The van der Waals surface area contributed by atoms with E-state index in [4.69, 9.17) is 19.4 Å². The van der Waals surface area contributed by atoms with Gasteiger partial charge in [0.25, 0.3) is 0 Å². The SMILES string of the molecule is COc1cc(C(=O)CC2CCC(N(C)C)CC2)ccc1-c1ccc(CC(CC(=O)C2CCC(CNC(=O)OC(C)(C)C)CC2)C(=O)Nc2ccc(C3=NCN=N3)cc2)cc1.O=C(O)C(F)(F)F. The molecule has 0 spiro atoms. The minimum Gasteiger partial charge on any atom is -0.496 e. The molecule has 1 heterocycles. The highest BCUT2D eigenvalue weighted by atomic mass is 19.4. The van der Waals surface area contributed by atoms with Crippen molar-refractivity contribution >= 4 is 41.1 Å². The van der Waals surface area contributed by atoms with Crippen LogP contribution in [0.5, 0.6) is 5.75 Å². The summed E-state index contributed by atoms with van der Waals surface area (Å²) in [7, 11) is 5.89. The zero-order valence-electron chi connectivity index (χ0n) is 39.2. The third-order valence-corrected chi connectivity index (χ3v) is 12.4. The second kappa shape index (κ2) is 23.7. The van der Waals surface area contributed by atoms with E-state index < -0.39 is 29.8 Å². The highest BCUT2D eigenvalue weighted by molar-refractivity contribution is 6.01. The Hall–Kier alpha value is -5.97. The van der Waals surface area contributed by atoms with E-state index in [1.54, 1.807) is 7.11 Å². The molecule has 2 amide bonds. The van der Waals surface area contributed by atoms with Crippen LogP contribution >= 0.6 is 0 Å². The van der Waals surface area contributed by atoms with E-state index in [-0.39, 0.29) is 35.7 Å². The molecule has 1 aliphatic heterocycles. The fraction of sp³-hybridized carbons (Fsp3) is 0.520. The Bertz CT molecular complexity index is 2240. The van der Waals surface area contributed by atoms with Crippen molar-refractivity contribution in [3.8, 4) is 16.9 Å². The van der Waals surface area contributed by atoms with Crippen LogP contribution in [0.4, 0.5) is 23.7 Å². The normalized spacial score (nSPS) is 19.9. The Balaban J connectivity index is 0.00000111. The summed E-state index contributed by atoms with van der Waals surface area (Å²) in [4.78, 5) is 68.9. The molecule has 17 heteroatoms. The molecule has 3 aliphatic rings. The summed E-state index contributed by atoms with van der Waals surface area (Å²) in [5.41, 5.74) is 4.27. The number of nitrogens with one attached hydrogen (secondary N) is 2. The smallest absolute Gasteiger partial charge is 0.490 e. The number of azo groups is 1. The Kier molecular flexibility index (Phi) is 18.4. The third kappa shape index (κ3) is 16.1.